The standard InChI is InChI=1S/C17H23N3O/c1-3-10-19-16-12-13(2)5-8-15(16)17(21)20(11-4-9-18)14-6-7-14/h5,8,12,14,19H,3-4,6-7,10-11H2,1-2H3. The Labute approximate surface area is 126 Å². The number of hydrogen-bond donors (Lipinski definition) is 1. The van der Waals surface area contributed by atoms with Gasteiger partial charge in [0.1, 0.15) is 0 Å². The molecule has 0 radical (unpaired) electrons. The van der Waals surface area contributed by atoms with Crippen molar-refractivity contribution in [3.63, 3.8) is 0 Å². The summed E-state index contributed by atoms with van der Waals surface area (Å²) in [6, 6.07) is 8.36. The predicted molar refractivity (Wildman–Crippen MR) is 84.2 cm³/mol. The largest absolute Gasteiger partial charge is 0.384 e. The van der Waals surface area contributed by atoms with Gasteiger partial charge in [-0.05, 0) is 43.9 Å². The number of carbonyl (C=O) groups excluding carboxylic acids is 1. The molecule has 0 spiro atoms. The van der Waals surface area contributed by atoms with Gasteiger partial charge in [-0.2, -0.15) is 5.26 Å². The van der Waals surface area contributed by atoms with Crippen LogP contribution in [0.3, 0.4) is 0 Å². The molecule has 112 valence electrons. The van der Waals surface area contributed by atoms with Gasteiger partial charge in [-0.1, -0.05) is 13.0 Å². The highest BCUT2D eigenvalue weighted by Crippen LogP contribution is 2.30. The fraction of sp³-hybridized carbons (Fsp3) is 0.529. The highest BCUT2D eigenvalue weighted by molar-refractivity contribution is 6.00. The third-order valence-corrected chi connectivity index (χ3v) is 3.68. The maximum atomic E-state index is 12.8. The summed E-state index contributed by atoms with van der Waals surface area (Å²) in [4.78, 5) is 14.7. The lowest BCUT2D eigenvalue weighted by Crippen LogP contribution is -2.34. The summed E-state index contributed by atoms with van der Waals surface area (Å²) in [7, 11) is 0. The van der Waals surface area contributed by atoms with Crippen molar-refractivity contribution in [1.29, 1.82) is 5.26 Å². The van der Waals surface area contributed by atoms with Gasteiger partial charge in [0.25, 0.3) is 5.91 Å². The summed E-state index contributed by atoms with van der Waals surface area (Å²) in [5.74, 6) is 0.0475. The van der Waals surface area contributed by atoms with Gasteiger partial charge in [-0.15, -0.1) is 0 Å². The number of amides is 1. The van der Waals surface area contributed by atoms with Crippen LogP contribution in [-0.4, -0.2) is 29.9 Å². The quantitative estimate of drug-likeness (QED) is 0.836. The van der Waals surface area contributed by atoms with Crippen molar-refractivity contribution >= 4 is 11.6 Å². The molecule has 1 amide bonds. The van der Waals surface area contributed by atoms with Gasteiger partial charge in [0.2, 0.25) is 0 Å². The molecule has 1 aromatic carbocycles. The molecule has 21 heavy (non-hydrogen) atoms. The minimum absolute atomic E-state index is 0.0475. The van der Waals surface area contributed by atoms with Gasteiger partial charge >= 0.3 is 0 Å². The van der Waals surface area contributed by atoms with E-state index in [-0.39, 0.29) is 5.91 Å². The molecule has 1 fully saturated rings. The molecular weight excluding hydrogens is 262 g/mol. The molecule has 0 heterocycles. The summed E-state index contributed by atoms with van der Waals surface area (Å²) in [6.45, 7) is 5.51. The second kappa shape index (κ2) is 7.12. The molecule has 0 saturated heterocycles. The van der Waals surface area contributed by atoms with Crippen LogP contribution in [0, 0.1) is 18.3 Å². The number of hydrogen-bond acceptors (Lipinski definition) is 3. The molecule has 1 aliphatic carbocycles. The second-order valence-corrected chi connectivity index (χ2v) is 5.61. The molecule has 1 aliphatic rings. The van der Waals surface area contributed by atoms with E-state index in [1.165, 1.54) is 0 Å². The zero-order chi connectivity index (χ0) is 15.2. The molecule has 1 N–H and O–H groups in total. The van der Waals surface area contributed by atoms with E-state index in [1.54, 1.807) is 0 Å². The van der Waals surface area contributed by atoms with E-state index in [0.29, 0.717) is 19.0 Å². The lowest BCUT2D eigenvalue weighted by atomic mass is 10.1. The summed E-state index contributed by atoms with van der Waals surface area (Å²) in [5.41, 5.74) is 2.77. The molecule has 0 aromatic heterocycles. The monoisotopic (exact) mass is 285 g/mol. The topological polar surface area (TPSA) is 56.1 Å². The number of nitrogens with zero attached hydrogens (tertiary/aromatic N) is 2. The number of aryl methyl sites for hydroxylation is 1. The smallest absolute Gasteiger partial charge is 0.256 e. The number of nitriles is 1. The van der Waals surface area contributed by atoms with E-state index in [9.17, 15) is 4.79 Å². The Kier molecular flexibility index (Phi) is 5.21. The first-order chi connectivity index (χ1) is 10.2. The summed E-state index contributed by atoms with van der Waals surface area (Å²) in [6.07, 6.45) is 3.52. The fourth-order valence-electron chi connectivity index (χ4n) is 2.41. The van der Waals surface area contributed by atoms with Crippen LogP contribution in [0.4, 0.5) is 5.69 Å². The molecule has 4 heteroatoms. The first-order valence-corrected chi connectivity index (χ1v) is 7.69. The average Bonchev–Trinajstić information content (AvgIpc) is 3.30. The van der Waals surface area contributed by atoms with Crippen LogP contribution in [0.15, 0.2) is 18.2 Å². The Balaban J connectivity index is 2.21. The van der Waals surface area contributed by atoms with Crippen LogP contribution < -0.4 is 5.32 Å². The number of anilines is 1. The van der Waals surface area contributed by atoms with E-state index in [1.807, 2.05) is 30.0 Å². The Morgan fingerprint density at radius 3 is 2.86 bits per heavy atom. The first-order valence-electron chi connectivity index (χ1n) is 7.69. The van der Waals surface area contributed by atoms with E-state index < -0.39 is 0 Å². The summed E-state index contributed by atoms with van der Waals surface area (Å²) >= 11 is 0. The van der Waals surface area contributed by atoms with Crippen molar-refractivity contribution in [2.45, 2.75) is 45.6 Å². The molecule has 0 bridgehead atoms. The highest BCUT2D eigenvalue weighted by atomic mass is 16.2. The summed E-state index contributed by atoms with van der Waals surface area (Å²) < 4.78 is 0. The maximum absolute atomic E-state index is 12.8. The van der Waals surface area contributed by atoms with Crippen molar-refractivity contribution < 1.29 is 4.79 Å². The van der Waals surface area contributed by atoms with Gasteiger partial charge in [-0.3, -0.25) is 4.79 Å². The minimum Gasteiger partial charge on any atom is -0.384 e. The molecular formula is C17H23N3O. The van der Waals surface area contributed by atoms with Crippen LogP contribution >= 0.6 is 0 Å². The van der Waals surface area contributed by atoms with Gasteiger partial charge in [0, 0.05) is 24.8 Å². The molecule has 0 atom stereocenters. The second-order valence-electron chi connectivity index (χ2n) is 5.61. The van der Waals surface area contributed by atoms with Gasteiger partial charge in [0.15, 0.2) is 0 Å². The Morgan fingerprint density at radius 1 is 1.48 bits per heavy atom. The minimum atomic E-state index is 0.0475. The Bertz CT molecular complexity index is 543. The predicted octanol–water partition coefficient (Wildman–Crippen LogP) is 3.34. The lowest BCUT2D eigenvalue weighted by molar-refractivity contribution is 0.0748. The zero-order valence-electron chi connectivity index (χ0n) is 12.9. The summed E-state index contributed by atoms with van der Waals surface area (Å²) in [5, 5.41) is 12.1. The van der Waals surface area contributed by atoms with E-state index >= 15 is 0 Å². The highest BCUT2D eigenvalue weighted by Gasteiger charge is 2.33. The molecule has 1 aromatic rings. The van der Waals surface area contributed by atoms with Crippen LogP contribution in [0.25, 0.3) is 0 Å². The number of rotatable bonds is 7. The van der Waals surface area contributed by atoms with Crippen LogP contribution in [0.5, 0.6) is 0 Å². The number of benzene rings is 1. The van der Waals surface area contributed by atoms with E-state index in [2.05, 4.69) is 18.3 Å². The first kappa shape index (κ1) is 15.4. The van der Waals surface area contributed by atoms with Gasteiger partial charge < -0.3 is 10.2 Å². The Morgan fingerprint density at radius 2 is 2.24 bits per heavy atom. The van der Waals surface area contributed by atoms with Crippen molar-refractivity contribution in [2.75, 3.05) is 18.4 Å². The van der Waals surface area contributed by atoms with Gasteiger partial charge in [0.05, 0.1) is 18.1 Å². The molecule has 1 saturated carbocycles. The zero-order valence-corrected chi connectivity index (χ0v) is 12.9. The molecule has 0 aliphatic heterocycles. The van der Waals surface area contributed by atoms with Crippen molar-refractivity contribution in [3.05, 3.63) is 29.3 Å². The van der Waals surface area contributed by atoms with Crippen LogP contribution in [0.1, 0.15) is 48.5 Å². The molecule has 0 unspecified atom stereocenters. The normalized spacial score (nSPS) is 13.6. The maximum Gasteiger partial charge on any atom is 0.256 e. The van der Waals surface area contributed by atoms with E-state index in [0.717, 1.165) is 42.6 Å². The van der Waals surface area contributed by atoms with Crippen molar-refractivity contribution in [2.24, 2.45) is 0 Å². The lowest BCUT2D eigenvalue weighted by Gasteiger charge is -2.23. The van der Waals surface area contributed by atoms with Crippen molar-refractivity contribution in [3.8, 4) is 6.07 Å². The fourth-order valence-corrected chi connectivity index (χ4v) is 2.41. The molecule has 2 rings (SSSR count). The number of carbonyl (C=O) groups is 1. The Hall–Kier alpha value is -2.02. The number of nitrogens with one attached hydrogen (secondary N) is 1. The average molecular weight is 285 g/mol. The van der Waals surface area contributed by atoms with Crippen LogP contribution in [0.2, 0.25) is 0 Å². The van der Waals surface area contributed by atoms with Gasteiger partial charge in [-0.25, -0.2) is 0 Å². The van der Waals surface area contributed by atoms with Crippen LogP contribution in [-0.2, 0) is 0 Å². The third kappa shape index (κ3) is 3.98. The third-order valence-electron chi connectivity index (χ3n) is 3.68. The SMILES string of the molecule is CCCNc1cc(C)ccc1C(=O)N(CCC#N)C1CC1. The molecule has 4 nitrogen and oxygen atoms in total. The van der Waals surface area contributed by atoms with Crippen molar-refractivity contribution in [1.82, 2.24) is 4.90 Å². The van der Waals surface area contributed by atoms with E-state index in [4.69, 9.17) is 5.26 Å².